The summed E-state index contributed by atoms with van der Waals surface area (Å²) in [6.07, 6.45) is 0. The van der Waals surface area contributed by atoms with Gasteiger partial charge in [0.1, 0.15) is 0 Å². The van der Waals surface area contributed by atoms with Crippen molar-refractivity contribution in [2.75, 3.05) is 0 Å². The van der Waals surface area contributed by atoms with Gasteiger partial charge >= 0.3 is 0 Å². The normalized spacial score (nSPS) is 14.0. The van der Waals surface area contributed by atoms with Gasteiger partial charge in [-0.15, -0.1) is 0 Å². The van der Waals surface area contributed by atoms with E-state index in [9.17, 15) is 0 Å². The van der Waals surface area contributed by atoms with Crippen LogP contribution in [0.25, 0.3) is 22.3 Å². The summed E-state index contributed by atoms with van der Waals surface area (Å²) in [5.41, 5.74) is 13.9. The van der Waals surface area contributed by atoms with Crippen molar-refractivity contribution in [1.29, 1.82) is 0 Å². The van der Waals surface area contributed by atoms with E-state index in [1.165, 1.54) is 55.6 Å². The maximum Gasteiger partial charge on any atom is 0.0352 e. The van der Waals surface area contributed by atoms with E-state index in [-0.39, 0.29) is 0 Å². The summed E-state index contributed by atoms with van der Waals surface area (Å²) in [6.45, 7) is 0. The third-order valence-corrected chi connectivity index (χ3v) is 7.27. The average Bonchev–Trinajstić information content (AvgIpc) is 3.38. The second-order valence-corrected chi connectivity index (χ2v) is 8.88. The summed E-state index contributed by atoms with van der Waals surface area (Å²) in [5, 5.41) is 0. The molecule has 2 aliphatic rings. The van der Waals surface area contributed by atoms with Gasteiger partial charge in [-0.2, -0.15) is 0 Å². The number of hydrogen-bond donors (Lipinski definition) is 0. The molecule has 0 heterocycles. The maximum absolute atomic E-state index is 2.35. The molecule has 0 saturated heterocycles. The largest absolute Gasteiger partial charge is 0.0619 e. The molecule has 7 rings (SSSR count). The van der Waals surface area contributed by atoms with Gasteiger partial charge in [0, 0.05) is 11.8 Å². The molecule has 32 heavy (non-hydrogen) atoms. The van der Waals surface area contributed by atoms with Crippen molar-refractivity contribution in [3.8, 4) is 22.3 Å². The van der Waals surface area contributed by atoms with Crippen LogP contribution in [0.5, 0.6) is 0 Å². The minimum absolute atomic E-state index is 0.305. The van der Waals surface area contributed by atoms with Gasteiger partial charge < -0.3 is 0 Å². The summed E-state index contributed by atoms with van der Waals surface area (Å²) in [7, 11) is 0. The van der Waals surface area contributed by atoms with Gasteiger partial charge in [-0.3, -0.25) is 0 Å². The minimum Gasteiger partial charge on any atom is -0.0619 e. The van der Waals surface area contributed by atoms with E-state index in [2.05, 4.69) is 121 Å². The molecule has 0 N–H and O–H groups in total. The SMILES string of the molecule is c1ccc2c(c1)-c1ccccc1C2c1ccc(C2c3ccccc3-c3ccccc32)cc1. The van der Waals surface area contributed by atoms with E-state index in [1.807, 2.05) is 0 Å². The first-order valence-electron chi connectivity index (χ1n) is 11.4. The molecular formula is C32H22. The lowest BCUT2D eigenvalue weighted by atomic mass is 9.85. The summed E-state index contributed by atoms with van der Waals surface area (Å²) in [6, 6.07) is 44.8. The molecule has 150 valence electrons. The molecule has 0 heteroatoms. The molecule has 0 aromatic heterocycles. The van der Waals surface area contributed by atoms with Crippen molar-refractivity contribution in [1.82, 2.24) is 0 Å². The Balaban J connectivity index is 1.34. The first-order chi connectivity index (χ1) is 15.9. The summed E-state index contributed by atoms with van der Waals surface area (Å²) in [5.74, 6) is 0.610. The summed E-state index contributed by atoms with van der Waals surface area (Å²) >= 11 is 0. The maximum atomic E-state index is 2.35. The van der Waals surface area contributed by atoms with E-state index in [4.69, 9.17) is 0 Å². The lowest BCUT2D eigenvalue weighted by Crippen LogP contribution is -2.02. The molecule has 0 amide bonds. The van der Waals surface area contributed by atoms with Gasteiger partial charge in [-0.05, 0) is 55.6 Å². The Morgan fingerprint density at radius 2 is 0.531 bits per heavy atom. The Kier molecular flexibility index (Phi) is 3.77. The smallest absolute Gasteiger partial charge is 0.0352 e. The Labute approximate surface area is 188 Å². The van der Waals surface area contributed by atoms with E-state index >= 15 is 0 Å². The number of rotatable bonds is 2. The van der Waals surface area contributed by atoms with Crippen LogP contribution in [0.4, 0.5) is 0 Å². The highest BCUT2D eigenvalue weighted by atomic mass is 14.3. The van der Waals surface area contributed by atoms with Crippen molar-refractivity contribution in [3.63, 3.8) is 0 Å². The molecule has 0 unspecified atom stereocenters. The molecule has 0 spiro atoms. The van der Waals surface area contributed by atoms with Crippen molar-refractivity contribution in [3.05, 3.63) is 155 Å². The van der Waals surface area contributed by atoms with Crippen LogP contribution in [-0.4, -0.2) is 0 Å². The van der Waals surface area contributed by atoms with Crippen LogP contribution in [0, 0.1) is 0 Å². The van der Waals surface area contributed by atoms with Gasteiger partial charge in [-0.1, -0.05) is 121 Å². The van der Waals surface area contributed by atoms with Crippen molar-refractivity contribution in [2.24, 2.45) is 0 Å². The standard InChI is InChI=1S/C32H22/c1-5-13-27-23(9-1)24-10-2-6-14-28(24)31(27)21-17-19-22(20-18-21)32-29-15-7-3-11-25(29)26-12-4-8-16-30(26)32/h1-20,31-32H. The van der Waals surface area contributed by atoms with Crippen LogP contribution in [-0.2, 0) is 0 Å². The van der Waals surface area contributed by atoms with Crippen LogP contribution in [0.1, 0.15) is 45.2 Å². The molecule has 0 fully saturated rings. The van der Waals surface area contributed by atoms with E-state index in [0.717, 1.165) is 0 Å². The molecule has 0 saturated carbocycles. The van der Waals surface area contributed by atoms with Crippen LogP contribution in [0.15, 0.2) is 121 Å². The van der Waals surface area contributed by atoms with Crippen LogP contribution >= 0.6 is 0 Å². The zero-order valence-corrected chi connectivity index (χ0v) is 17.7. The Bertz CT molecular complexity index is 1270. The van der Waals surface area contributed by atoms with Gasteiger partial charge in [0.05, 0.1) is 0 Å². The van der Waals surface area contributed by atoms with Crippen molar-refractivity contribution >= 4 is 0 Å². The topological polar surface area (TPSA) is 0 Å². The lowest BCUT2D eigenvalue weighted by Gasteiger charge is -2.18. The molecule has 2 aliphatic carbocycles. The van der Waals surface area contributed by atoms with E-state index in [1.54, 1.807) is 0 Å². The minimum atomic E-state index is 0.305. The zero-order valence-electron chi connectivity index (χ0n) is 17.7. The zero-order chi connectivity index (χ0) is 21.1. The van der Waals surface area contributed by atoms with Gasteiger partial charge in [0.25, 0.3) is 0 Å². The highest BCUT2D eigenvalue weighted by molar-refractivity contribution is 5.82. The van der Waals surface area contributed by atoms with E-state index in [0.29, 0.717) is 11.8 Å². The van der Waals surface area contributed by atoms with Crippen LogP contribution in [0.3, 0.4) is 0 Å². The molecule has 0 bridgehead atoms. The molecular weight excluding hydrogens is 384 g/mol. The fourth-order valence-corrected chi connectivity index (χ4v) is 5.91. The lowest BCUT2D eigenvalue weighted by molar-refractivity contribution is 0.985. The van der Waals surface area contributed by atoms with Crippen LogP contribution < -0.4 is 0 Å². The second kappa shape index (κ2) is 6.80. The molecule has 5 aromatic rings. The third-order valence-electron chi connectivity index (χ3n) is 7.27. The predicted octanol–water partition coefficient (Wildman–Crippen LogP) is 8.01. The van der Waals surface area contributed by atoms with E-state index < -0.39 is 0 Å². The summed E-state index contributed by atoms with van der Waals surface area (Å²) in [4.78, 5) is 0. The average molecular weight is 407 g/mol. The number of fused-ring (bicyclic) bond motifs is 6. The Morgan fingerprint density at radius 3 is 0.812 bits per heavy atom. The van der Waals surface area contributed by atoms with Crippen LogP contribution in [0.2, 0.25) is 0 Å². The van der Waals surface area contributed by atoms with Crippen molar-refractivity contribution in [2.45, 2.75) is 11.8 Å². The van der Waals surface area contributed by atoms with Gasteiger partial charge in [0.15, 0.2) is 0 Å². The first kappa shape index (κ1) is 17.7. The Morgan fingerprint density at radius 1 is 0.281 bits per heavy atom. The predicted molar refractivity (Wildman–Crippen MR) is 132 cm³/mol. The second-order valence-electron chi connectivity index (χ2n) is 8.88. The van der Waals surface area contributed by atoms with Gasteiger partial charge in [-0.25, -0.2) is 0 Å². The summed E-state index contributed by atoms with van der Waals surface area (Å²) < 4.78 is 0. The Hall–Kier alpha value is -3.90. The highest BCUT2D eigenvalue weighted by Crippen LogP contribution is 2.50. The third kappa shape index (κ3) is 2.44. The number of benzene rings is 5. The van der Waals surface area contributed by atoms with Gasteiger partial charge in [0.2, 0.25) is 0 Å². The molecule has 0 radical (unpaired) electrons. The van der Waals surface area contributed by atoms with Crippen molar-refractivity contribution < 1.29 is 0 Å². The fourth-order valence-electron chi connectivity index (χ4n) is 5.91. The monoisotopic (exact) mass is 406 g/mol. The number of hydrogen-bond acceptors (Lipinski definition) is 0. The molecule has 5 aromatic carbocycles. The molecule has 0 atom stereocenters. The first-order valence-corrected chi connectivity index (χ1v) is 11.4. The fraction of sp³-hybridized carbons (Fsp3) is 0.0625. The highest BCUT2D eigenvalue weighted by Gasteiger charge is 2.31. The molecule has 0 nitrogen and oxygen atoms in total. The quantitative estimate of drug-likeness (QED) is 0.273. The molecule has 0 aliphatic heterocycles.